The van der Waals surface area contributed by atoms with Crippen molar-refractivity contribution in [3.63, 3.8) is 0 Å². The molecule has 3 rings (SSSR count). The van der Waals surface area contributed by atoms with Gasteiger partial charge in [0.05, 0.1) is 13.5 Å². The molecule has 2 heterocycles. The summed E-state index contributed by atoms with van der Waals surface area (Å²) in [5.74, 6) is -0.0552. The van der Waals surface area contributed by atoms with Crippen LogP contribution in [0.15, 0.2) is 18.3 Å². The van der Waals surface area contributed by atoms with Gasteiger partial charge in [0.15, 0.2) is 0 Å². The van der Waals surface area contributed by atoms with Gasteiger partial charge in [0.25, 0.3) is 5.91 Å². The number of piperazine rings is 1. The Bertz CT molecular complexity index is 571. The molecule has 1 aromatic heterocycles. The van der Waals surface area contributed by atoms with E-state index < -0.39 is 0 Å². The number of aromatic nitrogens is 1. The number of ether oxygens (including phenoxy) is 1. The third kappa shape index (κ3) is 3.58. The predicted molar refractivity (Wildman–Crippen MR) is 86.3 cm³/mol. The molecule has 1 aliphatic carbocycles. The molecule has 1 amide bonds. The van der Waals surface area contributed by atoms with Crippen LogP contribution >= 0.6 is 0 Å². The van der Waals surface area contributed by atoms with Gasteiger partial charge in [-0.05, 0) is 31.9 Å². The van der Waals surface area contributed by atoms with E-state index in [1.165, 1.54) is 20.0 Å². The fraction of sp³-hybridized carbons (Fsp3) is 0.647. The Kier molecular flexibility index (Phi) is 4.71. The molecule has 126 valence electrons. The Morgan fingerprint density at radius 3 is 2.57 bits per heavy atom. The fourth-order valence-electron chi connectivity index (χ4n) is 3.23. The average molecular weight is 319 g/mol. The SMILES string of the molecule is COC(=O)C[C@H](C)N1CCN(C(=O)c2cccn2C2CC2)CC1. The first-order valence-electron chi connectivity index (χ1n) is 8.37. The molecule has 0 unspecified atom stereocenters. The quantitative estimate of drug-likeness (QED) is 0.773. The van der Waals surface area contributed by atoms with Crippen LogP contribution in [0.25, 0.3) is 0 Å². The molecule has 6 nitrogen and oxygen atoms in total. The number of carbonyl (C=O) groups excluding carboxylic acids is 2. The fourth-order valence-corrected chi connectivity index (χ4v) is 3.23. The molecule has 0 radical (unpaired) electrons. The zero-order chi connectivity index (χ0) is 16.4. The summed E-state index contributed by atoms with van der Waals surface area (Å²) in [6.45, 7) is 5.05. The summed E-state index contributed by atoms with van der Waals surface area (Å²) in [5, 5.41) is 0. The summed E-state index contributed by atoms with van der Waals surface area (Å²) in [5.41, 5.74) is 0.809. The number of methoxy groups -OCH3 is 1. The van der Waals surface area contributed by atoms with Crippen LogP contribution < -0.4 is 0 Å². The van der Waals surface area contributed by atoms with Crippen molar-refractivity contribution in [2.45, 2.75) is 38.3 Å². The van der Waals surface area contributed by atoms with Gasteiger partial charge in [0.1, 0.15) is 5.69 Å². The molecule has 2 aliphatic rings. The Morgan fingerprint density at radius 2 is 1.96 bits per heavy atom. The van der Waals surface area contributed by atoms with Crippen LogP contribution in [0.2, 0.25) is 0 Å². The molecule has 1 aliphatic heterocycles. The first-order valence-corrected chi connectivity index (χ1v) is 8.37. The van der Waals surface area contributed by atoms with Crippen molar-refractivity contribution in [2.75, 3.05) is 33.3 Å². The van der Waals surface area contributed by atoms with E-state index in [-0.39, 0.29) is 17.9 Å². The van der Waals surface area contributed by atoms with E-state index in [2.05, 4.69) is 9.47 Å². The monoisotopic (exact) mass is 319 g/mol. The van der Waals surface area contributed by atoms with Gasteiger partial charge in [-0.15, -0.1) is 0 Å². The van der Waals surface area contributed by atoms with E-state index in [0.717, 1.165) is 18.8 Å². The van der Waals surface area contributed by atoms with Crippen LogP contribution in [0.4, 0.5) is 0 Å². The maximum atomic E-state index is 12.7. The van der Waals surface area contributed by atoms with Crippen LogP contribution in [-0.4, -0.2) is 65.6 Å². The summed E-state index contributed by atoms with van der Waals surface area (Å²) >= 11 is 0. The van der Waals surface area contributed by atoms with Gasteiger partial charge in [-0.25, -0.2) is 0 Å². The zero-order valence-corrected chi connectivity index (χ0v) is 13.9. The number of nitrogens with zero attached hydrogens (tertiary/aromatic N) is 3. The molecule has 1 saturated carbocycles. The second-order valence-electron chi connectivity index (χ2n) is 6.49. The lowest BCUT2D eigenvalue weighted by Crippen LogP contribution is -2.52. The molecule has 0 N–H and O–H groups in total. The van der Waals surface area contributed by atoms with Crippen molar-refractivity contribution in [3.8, 4) is 0 Å². The first kappa shape index (κ1) is 16.1. The molecule has 0 bridgehead atoms. The first-order chi connectivity index (χ1) is 11.1. The van der Waals surface area contributed by atoms with Crippen LogP contribution in [0.3, 0.4) is 0 Å². The molecule has 2 fully saturated rings. The van der Waals surface area contributed by atoms with E-state index in [9.17, 15) is 9.59 Å². The molecule has 1 atom stereocenters. The minimum atomic E-state index is -0.182. The molecular weight excluding hydrogens is 294 g/mol. The van der Waals surface area contributed by atoms with Gasteiger partial charge >= 0.3 is 5.97 Å². The lowest BCUT2D eigenvalue weighted by atomic mass is 10.1. The zero-order valence-electron chi connectivity index (χ0n) is 13.9. The van der Waals surface area contributed by atoms with Crippen molar-refractivity contribution in [3.05, 3.63) is 24.0 Å². The van der Waals surface area contributed by atoms with Gasteiger partial charge in [-0.2, -0.15) is 0 Å². The van der Waals surface area contributed by atoms with E-state index >= 15 is 0 Å². The summed E-state index contributed by atoms with van der Waals surface area (Å²) in [4.78, 5) is 28.3. The Balaban J connectivity index is 1.55. The number of amides is 1. The Hall–Kier alpha value is -1.82. The van der Waals surface area contributed by atoms with Crippen LogP contribution in [-0.2, 0) is 9.53 Å². The van der Waals surface area contributed by atoms with Gasteiger partial charge in [-0.1, -0.05) is 0 Å². The Morgan fingerprint density at radius 1 is 1.26 bits per heavy atom. The molecule has 0 spiro atoms. The van der Waals surface area contributed by atoms with Crippen LogP contribution in [0, 0.1) is 0 Å². The summed E-state index contributed by atoms with van der Waals surface area (Å²) in [6, 6.07) is 4.55. The molecule has 23 heavy (non-hydrogen) atoms. The second-order valence-corrected chi connectivity index (χ2v) is 6.49. The van der Waals surface area contributed by atoms with Gasteiger partial charge in [0, 0.05) is 44.5 Å². The van der Waals surface area contributed by atoms with Crippen LogP contribution in [0.5, 0.6) is 0 Å². The molecular formula is C17H25N3O3. The van der Waals surface area contributed by atoms with Crippen LogP contribution in [0.1, 0.15) is 42.7 Å². The Labute approximate surface area is 137 Å². The maximum Gasteiger partial charge on any atom is 0.307 e. The second kappa shape index (κ2) is 6.74. The van der Waals surface area contributed by atoms with Gasteiger partial charge in [-0.3, -0.25) is 14.5 Å². The van der Waals surface area contributed by atoms with Crippen molar-refractivity contribution in [1.29, 1.82) is 0 Å². The maximum absolute atomic E-state index is 12.7. The van der Waals surface area contributed by atoms with E-state index in [4.69, 9.17) is 4.74 Å². The normalized spacial score (nSPS) is 20.3. The van der Waals surface area contributed by atoms with Gasteiger partial charge < -0.3 is 14.2 Å². The lowest BCUT2D eigenvalue weighted by molar-refractivity contribution is -0.142. The minimum absolute atomic E-state index is 0.127. The smallest absolute Gasteiger partial charge is 0.307 e. The summed E-state index contributed by atoms with van der Waals surface area (Å²) in [6.07, 6.45) is 4.76. The van der Waals surface area contributed by atoms with E-state index in [1.807, 2.05) is 30.2 Å². The van der Waals surface area contributed by atoms with E-state index in [0.29, 0.717) is 25.6 Å². The number of rotatable bonds is 5. The summed E-state index contributed by atoms with van der Waals surface area (Å²) < 4.78 is 6.85. The molecule has 6 heteroatoms. The molecule has 1 saturated heterocycles. The highest BCUT2D eigenvalue weighted by molar-refractivity contribution is 5.93. The minimum Gasteiger partial charge on any atom is -0.469 e. The number of esters is 1. The largest absolute Gasteiger partial charge is 0.469 e. The van der Waals surface area contributed by atoms with Crippen molar-refractivity contribution >= 4 is 11.9 Å². The predicted octanol–water partition coefficient (Wildman–Crippen LogP) is 1.53. The summed E-state index contributed by atoms with van der Waals surface area (Å²) in [7, 11) is 1.42. The highest BCUT2D eigenvalue weighted by atomic mass is 16.5. The standard InChI is InChI=1S/C17H25N3O3/c1-13(12-16(21)23-2)18-8-10-19(11-9-18)17(22)15-4-3-7-20(15)14-5-6-14/h3-4,7,13-14H,5-6,8-12H2,1-2H3/t13-/m0/s1. The van der Waals surface area contributed by atoms with Crippen molar-refractivity contribution < 1.29 is 14.3 Å². The number of hydrogen-bond donors (Lipinski definition) is 0. The molecule has 0 aromatic carbocycles. The number of carbonyl (C=O) groups is 2. The average Bonchev–Trinajstić information content (AvgIpc) is 3.31. The highest BCUT2D eigenvalue weighted by Crippen LogP contribution is 2.36. The van der Waals surface area contributed by atoms with Gasteiger partial charge in [0.2, 0.25) is 0 Å². The molecule has 1 aromatic rings. The third-order valence-electron chi connectivity index (χ3n) is 4.85. The van der Waals surface area contributed by atoms with E-state index in [1.54, 1.807) is 0 Å². The van der Waals surface area contributed by atoms with Crippen molar-refractivity contribution in [1.82, 2.24) is 14.4 Å². The van der Waals surface area contributed by atoms with Crippen molar-refractivity contribution in [2.24, 2.45) is 0 Å². The topological polar surface area (TPSA) is 54.8 Å². The third-order valence-corrected chi connectivity index (χ3v) is 4.85. The lowest BCUT2D eigenvalue weighted by Gasteiger charge is -2.37. The number of hydrogen-bond acceptors (Lipinski definition) is 4. The highest BCUT2D eigenvalue weighted by Gasteiger charge is 2.30.